The molecule has 0 unspecified atom stereocenters. The van der Waals surface area contributed by atoms with Gasteiger partial charge in [0.1, 0.15) is 17.8 Å². The Hall–Kier alpha value is -1.62. The van der Waals surface area contributed by atoms with E-state index in [0.29, 0.717) is 17.8 Å². The molecule has 2 atom stereocenters. The van der Waals surface area contributed by atoms with Crippen molar-refractivity contribution >= 4 is 16.9 Å². The van der Waals surface area contributed by atoms with Crippen LogP contribution < -0.4 is 11.5 Å². The number of hydrogen-bond donors (Lipinski definition) is 2. The summed E-state index contributed by atoms with van der Waals surface area (Å²) >= 11 is 0. The molecule has 17 heavy (non-hydrogen) atoms. The number of nitrogens with two attached hydrogens (primary N) is 2. The monoisotopic (exact) mass is 231 g/mol. The maximum atomic E-state index is 5.84. The lowest BCUT2D eigenvalue weighted by Gasteiger charge is -2.13. The van der Waals surface area contributed by atoms with Crippen molar-refractivity contribution in [1.29, 1.82) is 0 Å². The van der Waals surface area contributed by atoms with Crippen molar-refractivity contribution in [3.05, 3.63) is 18.6 Å². The predicted octanol–water partition coefficient (Wildman–Crippen LogP) is 1.31. The van der Waals surface area contributed by atoms with E-state index in [1.807, 2.05) is 6.07 Å². The second kappa shape index (κ2) is 4.00. The van der Waals surface area contributed by atoms with E-state index in [4.69, 9.17) is 11.5 Å². The molecule has 2 heterocycles. The SMILES string of the molecule is NC[C@@H]1CC[C@H](n2ccc3c(N)ncnc32)C1. The van der Waals surface area contributed by atoms with Gasteiger partial charge in [-0.2, -0.15) is 0 Å². The predicted molar refractivity (Wildman–Crippen MR) is 67.4 cm³/mol. The molecule has 0 aliphatic heterocycles. The summed E-state index contributed by atoms with van der Waals surface area (Å²) in [5.41, 5.74) is 12.5. The van der Waals surface area contributed by atoms with E-state index >= 15 is 0 Å². The highest BCUT2D eigenvalue weighted by molar-refractivity contribution is 5.86. The van der Waals surface area contributed by atoms with Crippen molar-refractivity contribution in [3.63, 3.8) is 0 Å². The second-order valence-corrected chi connectivity index (χ2v) is 4.79. The Morgan fingerprint density at radius 1 is 1.35 bits per heavy atom. The van der Waals surface area contributed by atoms with Gasteiger partial charge in [-0.1, -0.05) is 0 Å². The first-order valence-corrected chi connectivity index (χ1v) is 6.06. The molecule has 0 saturated heterocycles. The molecule has 0 radical (unpaired) electrons. The van der Waals surface area contributed by atoms with Crippen LogP contribution in [0.4, 0.5) is 5.82 Å². The third-order valence-electron chi connectivity index (χ3n) is 3.78. The van der Waals surface area contributed by atoms with Crippen LogP contribution in [0.15, 0.2) is 18.6 Å². The largest absolute Gasteiger partial charge is 0.383 e. The van der Waals surface area contributed by atoms with Crippen molar-refractivity contribution < 1.29 is 0 Å². The van der Waals surface area contributed by atoms with Gasteiger partial charge in [-0.15, -0.1) is 0 Å². The van der Waals surface area contributed by atoms with Crippen LogP contribution in [0.5, 0.6) is 0 Å². The standard InChI is InChI=1S/C12H17N5/c13-6-8-1-2-9(5-8)17-4-3-10-11(14)15-7-16-12(10)17/h3-4,7-9H,1-2,5-6,13H2,(H2,14,15,16)/t8-,9+/m1/s1. The zero-order chi connectivity index (χ0) is 11.8. The number of aromatic nitrogens is 3. The molecule has 5 heteroatoms. The Morgan fingerprint density at radius 2 is 2.24 bits per heavy atom. The maximum absolute atomic E-state index is 5.84. The maximum Gasteiger partial charge on any atom is 0.145 e. The average Bonchev–Trinajstić information content (AvgIpc) is 2.94. The number of nitrogen functional groups attached to an aromatic ring is 1. The zero-order valence-electron chi connectivity index (χ0n) is 9.71. The lowest BCUT2D eigenvalue weighted by Crippen LogP contribution is -2.12. The fourth-order valence-corrected chi connectivity index (χ4v) is 2.80. The zero-order valence-corrected chi connectivity index (χ0v) is 9.71. The molecule has 2 aromatic rings. The number of hydrogen-bond acceptors (Lipinski definition) is 4. The van der Waals surface area contributed by atoms with Gasteiger partial charge in [0.05, 0.1) is 5.39 Å². The molecule has 1 saturated carbocycles. The van der Waals surface area contributed by atoms with E-state index in [-0.39, 0.29) is 0 Å². The van der Waals surface area contributed by atoms with Gasteiger partial charge in [0.2, 0.25) is 0 Å². The molecule has 0 bridgehead atoms. The third-order valence-corrected chi connectivity index (χ3v) is 3.78. The van der Waals surface area contributed by atoms with Crippen LogP contribution in [0.3, 0.4) is 0 Å². The summed E-state index contributed by atoms with van der Waals surface area (Å²) in [5, 5.41) is 0.948. The van der Waals surface area contributed by atoms with Crippen LogP contribution in [-0.4, -0.2) is 21.1 Å². The van der Waals surface area contributed by atoms with Crippen molar-refractivity contribution in [2.24, 2.45) is 11.7 Å². The minimum Gasteiger partial charge on any atom is -0.383 e. The van der Waals surface area contributed by atoms with Gasteiger partial charge in [-0.25, -0.2) is 9.97 Å². The van der Waals surface area contributed by atoms with Crippen LogP contribution >= 0.6 is 0 Å². The molecule has 1 aliphatic rings. The van der Waals surface area contributed by atoms with E-state index in [2.05, 4.69) is 20.7 Å². The van der Waals surface area contributed by atoms with E-state index in [1.54, 1.807) is 0 Å². The molecular formula is C12H17N5. The Kier molecular flexibility index (Phi) is 2.48. The Bertz CT molecular complexity index is 533. The minimum atomic E-state index is 0.510. The number of rotatable bonds is 2. The Balaban J connectivity index is 1.99. The van der Waals surface area contributed by atoms with Gasteiger partial charge >= 0.3 is 0 Å². The van der Waals surface area contributed by atoms with E-state index in [0.717, 1.165) is 24.0 Å². The smallest absolute Gasteiger partial charge is 0.145 e. The fraction of sp³-hybridized carbons (Fsp3) is 0.500. The van der Waals surface area contributed by atoms with Crippen molar-refractivity contribution in [3.8, 4) is 0 Å². The highest BCUT2D eigenvalue weighted by atomic mass is 15.1. The number of nitrogens with zero attached hydrogens (tertiary/aromatic N) is 3. The molecule has 5 nitrogen and oxygen atoms in total. The van der Waals surface area contributed by atoms with Crippen molar-refractivity contribution in [1.82, 2.24) is 14.5 Å². The lowest BCUT2D eigenvalue weighted by atomic mass is 10.1. The van der Waals surface area contributed by atoms with Gasteiger partial charge in [-0.05, 0) is 37.8 Å². The molecule has 0 spiro atoms. The van der Waals surface area contributed by atoms with Gasteiger partial charge in [0.25, 0.3) is 0 Å². The van der Waals surface area contributed by atoms with Gasteiger partial charge in [0, 0.05) is 12.2 Å². The molecule has 2 aromatic heterocycles. The molecule has 1 fully saturated rings. The number of anilines is 1. The van der Waals surface area contributed by atoms with E-state index < -0.39 is 0 Å². The van der Waals surface area contributed by atoms with Crippen molar-refractivity contribution in [2.45, 2.75) is 25.3 Å². The average molecular weight is 231 g/mol. The summed E-state index contributed by atoms with van der Waals surface area (Å²) in [7, 11) is 0. The van der Waals surface area contributed by atoms with Crippen LogP contribution in [0.2, 0.25) is 0 Å². The molecular weight excluding hydrogens is 214 g/mol. The first kappa shape index (κ1) is 10.5. The molecule has 0 amide bonds. The van der Waals surface area contributed by atoms with Crippen molar-refractivity contribution in [2.75, 3.05) is 12.3 Å². The summed E-state index contributed by atoms with van der Waals surface area (Å²) in [4.78, 5) is 8.35. The summed E-state index contributed by atoms with van der Waals surface area (Å²) in [6.07, 6.45) is 7.13. The second-order valence-electron chi connectivity index (χ2n) is 4.79. The first-order valence-electron chi connectivity index (χ1n) is 6.06. The van der Waals surface area contributed by atoms with E-state index in [1.165, 1.54) is 19.2 Å². The fourth-order valence-electron chi connectivity index (χ4n) is 2.80. The first-order chi connectivity index (χ1) is 8.29. The highest BCUT2D eigenvalue weighted by Crippen LogP contribution is 2.36. The summed E-state index contributed by atoms with van der Waals surface area (Å²) in [6, 6.07) is 2.51. The lowest BCUT2D eigenvalue weighted by molar-refractivity contribution is 0.490. The van der Waals surface area contributed by atoms with Gasteiger partial charge in [-0.3, -0.25) is 0 Å². The molecule has 90 valence electrons. The van der Waals surface area contributed by atoms with E-state index in [9.17, 15) is 0 Å². The van der Waals surface area contributed by atoms with Crippen LogP contribution in [0.1, 0.15) is 25.3 Å². The molecule has 0 aromatic carbocycles. The summed E-state index contributed by atoms with van der Waals surface area (Å²) in [6.45, 7) is 0.785. The number of fused-ring (bicyclic) bond motifs is 1. The third kappa shape index (κ3) is 1.67. The van der Waals surface area contributed by atoms with Crippen LogP contribution in [0.25, 0.3) is 11.0 Å². The molecule has 3 rings (SSSR count). The molecule has 4 N–H and O–H groups in total. The summed E-state index contributed by atoms with van der Waals surface area (Å²) < 4.78 is 2.23. The quantitative estimate of drug-likeness (QED) is 0.816. The summed E-state index contributed by atoms with van der Waals surface area (Å²) in [5.74, 6) is 1.21. The normalized spacial score (nSPS) is 24.5. The van der Waals surface area contributed by atoms with Gasteiger partial charge in [0.15, 0.2) is 0 Å². The topological polar surface area (TPSA) is 82.8 Å². The van der Waals surface area contributed by atoms with Crippen LogP contribution in [-0.2, 0) is 0 Å². The van der Waals surface area contributed by atoms with Crippen LogP contribution in [0, 0.1) is 5.92 Å². The Labute approximate surface area is 99.8 Å². The Morgan fingerprint density at radius 3 is 3.00 bits per heavy atom. The minimum absolute atomic E-state index is 0.510. The highest BCUT2D eigenvalue weighted by Gasteiger charge is 2.26. The molecule has 1 aliphatic carbocycles. The van der Waals surface area contributed by atoms with Gasteiger partial charge < -0.3 is 16.0 Å².